The number of ether oxygens (including phenoxy) is 1. The maximum atomic E-state index is 12.8. The quantitative estimate of drug-likeness (QED) is 0.815. The molecule has 0 aliphatic heterocycles. The highest BCUT2D eigenvalue weighted by Crippen LogP contribution is 2.27. The highest BCUT2D eigenvalue weighted by Gasteiger charge is 2.21. The summed E-state index contributed by atoms with van der Waals surface area (Å²) in [5, 5.41) is 0. The summed E-state index contributed by atoms with van der Waals surface area (Å²) in [6, 6.07) is 5.57. The van der Waals surface area contributed by atoms with E-state index in [0.29, 0.717) is 5.56 Å². The van der Waals surface area contributed by atoms with E-state index in [1.165, 1.54) is 24.3 Å². The number of benzene rings is 1. The third kappa shape index (κ3) is 2.59. The average Bonchev–Trinajstić information content (AvgIpc) is 2.73. The number of halogens is 2. The van der Waals surface area contributed by atoms with Gasteiger partial charge in [0.1, 0.15) is 5.82 Å². The van der Waals surface area contributed by atoms with Crippen molar-refractivity contribution in [3.8, 4) is 11.3 Å². The smallest absolute Gasteiger partial charge is 0.361 e. The maximum absolute atomic E-state index is 12.8. The van der Waals surface area contributed by atoms with Gasteiger partial charge >= 0.3 is 5.97 Å². The molecule has 2 rings (SSSR count). The van der Waals surface area contributed by atoms with E-state index in [-0.39, 0.29) is 28.7 Å². The van der Waals surface area contributed by atoms with Gasteiger partial charge in [-0.15, -0.1) is 0 Å². The van der Waals surface area contributed by atoms with Crippen molar-refractivity contribution in [2.24, 2.45) is 0 Å². The number of carbonyl (C=O) groups excluding carboxylic acids is 1. The van der Waals surface area contributed by atoms with E-state index in [1.807, 2.05) is 0 Å². The molecule has 0 N–H and O–H groups in total. The Hall–Kier alpha value is -1.69. The summed E-state index contributed by atoms with van der Waals surface area (Å²) in [5.41, 5.74) is 0.619. The molecule has 18 heavy (non-hydrogen) atoms. The lowest BCUT2D eigenvalue weighted by Gasteiger charge is -2.01. The van der Waals surface area contributed by atoms with Gasteiger partial charge in [0.2, 0.25) is 0 Å². The minimum atomic E-state index is -0.578. The van der Waals surface area contributed by atoms with Crippen molar-refractivity contribution in [3.63, 3.8) is 0 Å². The van der Waals surface area contributed by atoms with Gasteiger partial charge < -0.3 is 9.15 Å². The lowest BCUT2D eigenvalue weighted by Crippen LogP contribution is -2.06. The maximum Gasteiger partial charge on any atom is 0.361 e. The summed E-state index contributed by atoms with van der Waals surface area (Å²) >= 11 is 3.05. The Bertz CT molecular complexity index is 565. The Morgan fingerprint density at radius 2 is 2.11 bits per heavy atom. The van der Waals surface area contributed by atoms with Crippen molar-refractivity contribution in [2.75, 3.05) is 6.61 Å². The van der Waals surface area contributed by atoms with Gasteiger partial charge in [0.15, 0.2) is 11.5 Å². The van der Waals surface area contributed by atoms with Crippen LogP contribution in [-0.4, -0.2) is 17.6 Å². The van der Waals surface area contributed by atoms with E-state index in [9.17, 15) is 9.18 Å². The van der Waals surface area contributed by atoms with Crippen molar-refractivity contribution in [1.82, 2.24) is 4.98 Å². The van der Waals surface area contributed by atoms with Crippen LogP contribution in [0, 0.1) is 5.82 Å². The van der Waals surface area contributed by atoms with Crippen LogP contribution in [-0.2, 0) is 4.74 Å². The average molecular weight is 314 g/mol. The standard InChI is InChI=1S/C12H9BrFNO3/c1-2-17-11(16)9-10(18-12(13)15-9)7-3-5-8(14)6-4-7/h3-6H,2H2,1H3. The number of nitrogens with zero attached hydrogens (tertiary/aromatic N) is 1. The Kier molecular flexibility index (Phi) is 3.76. The molecule has 0 amide bonds. The van der Waals surface area contributed by atoms with Gasteiger partial charge in [0, 0.05) is 21.5 Å². The van der Waals surface area contributed by atoms with Crippen LogP contribution in [0.5, 0.6) is 0 Å². The molecule has 1 heterocycles. The molecule has 0 radical (unpaired) electrons. The normalized spacial score (nSPS) is 10.4. The molecular formula is C12H9BrFNO3. The molecule has 0 bridgehead atoms. The third-order valence-electron chi connectivity index (χ3n) is 2.18. The first kappa shape index (κ1) is 12.8. The van der Waals surface area contributed by atoms with Crippen LogP contribution in [0.4, 0.5) is 4.39 Å². The number of aromatic nitrogens is 1. The van der Waals surface area contributed by atoms with Crippen molar-refractivity contribution in [3.05, 3.63) is 40.6 Å². The summed E-state index contributed by atoms with van der Waals surface area (Å²) in [6.45, 7) is 1.94. The largest absolute Gasteiger partial charge is 0.461 e. The Morgan fingerprint density at radius 1 is 1.44 bits per heavy atom. The zero-order valence-corrected chi connectivity index (χ0v) is 11.0. The molecule has 94 valence electrons. The number of hydrogen-bond acceptors (Lipinski definition) is 4. The van der Waals surface area contributed by atoms with Crippen molar-refractivity contribution in [1.29, 1.82) is 0 Å². The van der Waals surface area contributed by atoms with Crippen LogP contribution in [0.3, 0.4) is 0 Å². The van der Waals surface area contributed by atoms with Crippen LogP contribution in [0.25, 0.3) is 11.3 Å². The predicted octanol–water partition coefficient (Wildman–Crippen LogP) is 3.42. The fourth-order valence-electron chi connectivity index (χ4n) is 1.43. The van der Waals surface area contributed by atoms with E-state index in [1.54, 1.807) is 6.92 Å². The highest BCUT2D eigenvalue weighted by atomic mass is 79.9. The first-order valence-electron chi connectivity index (χ1n) is 5.21. The Labute approximate surface area is 111 Å². The topological polar surface area (TPSA) is 52.3 Å². The van der Waals surface area contributed by atoms with E-state index < -0.39 is 5.97 Å². The van der Waals surface area contributed by atoms with Gasteiger partial charge in [-0.25, -0.2) is 9.18 Å². The molecule has 0 unspecified atom stereocenters. The first-order valence-corrected chi connectivity index (χ1v) is 6.00. The number of oxazole rings is 1. The first-order chi connectivity index (χ1) is 8.61. The number of esters is 1. The second kappa shape index (κ2) is 5.30. The molecular weight excluding hydrogens is 305 g/mol. The number of rotatable bonds is 3. The predicted molar refractivity (Wildman–Crippen MR) is 65.6 cm³/mol. The summed E-state index contributed by atoms with van der Waals surface area (Å²) in [4.78, 5) is 15.8. The molecule has 2 aromatic rings. The summed E-state index contributed by atoms with van der Waals surface area (Å²) in [5.74, 6) is -0.693. The van der Waals surface area contributed by atoms with Gasteiger partial charge in [0.25, 0.3) is 4.80 Å². The molecule has 4 nitrogen and oxygen atoms in total. The van der Waals surface area contributed by atoms with Gasteiger partial charge in [0.05, 0.1) is 6.61 Å². The van der Waals surface area contributed by atoms with Crippen molar-refractivity contribution < 1.29 is 18.3 Å². The molecule has 1 aromatic heterocycles. The fourth-order valence-corrected chi connectivity index (χ4v) is 1.77. The highest BCUT2D eigenvalue weighted by molar-refractivity contribution is 9.10. The van der Waals surface area contributed by atoms with Crippen LogP contribution in [0.2, 0.25) is 0 Å². The molecule has 0 saturated heterocycles. The summed E-state index contributed by atoms with van der Waals surface area (Å²) in [7, 11) is 0. The Morgan fingerprint density at radius 3 is 2.72 bits per heavy atom. The molecule has 0 atom stereocenters. The van der Waals surface area contributed by atoms with Crippen LogP contribution in [0.1, 0.15) is 17.4 Å². The van der Waals surface area contributed by atoms with Crippen LogP contribution >= 0.6 is 15.9 Å². The zero-order valence-electron chi connectivity index (χ0n) is 9.44. The molecule has 0 aliphatic carbocycles. The summed E-state index contributed by atoms with van der Waals surface area (Å²) < 4.78 is 23.0. The monoisotopic (exact) mass is 313 g/mol. The van der Waals surface area contributed by atoms with E-state index in [2.05, 4.69) is 20.9 Å². The fraction of sp³-hybridized carbons (Fsp3) is 0.167. The lowest BCUT2D eigenvalue weighted by atomic mass is 10.1. The second-order valence-electron chi connectivity index (χ2n) is 3.37. The van der Waals surface area contributed by atoms with Gasteiger partial charge in [-0.05, 0) is 31.2 Å². The minimum Gasteiger partial charge on any atom is -0.461 e. The third-order valence-corrected chi connectivity index (χ3v) is 2.52. The SMILES string of the molecule is CCOC(=O)c1nc(Br)oc1-c1ccc(F)cc1. The van der Waals surface area contributed by atoms with Gasteiger partial charge in [-0.2, -0.15) is 4.98 Å². The zero-order chi connectivity index (χ0) is 13.1. The molecule has 1 aromatic carbocycles. The number of hydrogen-bond donors (Lipinski definition) is 0. The lowest BCUT2D eigenvalue weighted by molar-refractivity contribution is 0.0520. The minimum absolute atomic E-state index is 0.0651. The molecule has 0 aliphatic rings. The molecule has 0 spiro atoms. The molecule has 6 heteroatoms. The van der Waals surface area contributed by atoms with E-state index in [0.717, 1.165) is 0 Å². The van der Waals surface area contributed by atoms with Crippen LogP contribution < -0.4 is 0 Å². The van der Waals surface area contributed by atoms with Crippen LogP contribution in [0.15, 0.2) is 33.5 Å². The van der Waals surface area contributed by atoms with Gasteiger partial charge in [-0.3, -0.25) is 0 Å². The van der Waals surface area contributed by atoms with E-state index >= 15 is 0 Å². The van der Waals surface area contributed by atoms with Crippen molar-refractivity contribution in [2.45, 2.75) is 6.92 Å². The van der Waals surface area contributed by atoms with Gasteiger partial charge in [-0.1, -0.05) is 0 Å². The Balaban J connectivity index is 2.44. The molecule has 0 saturated carbocycles. The second-order valence-corrected chi connectivity index (χ2v) is 4.05. The van der Waals surface area contributed by atoms with Crippen molar-refractivity contribution >= 4 is 21.9 Å². The summed E-state index contributed by atoms with van der Waals surface area (Å²) in [6.07, 6.45) is 0. The number of carbonyl (C=O) groups is 1. The molecule has 0 fully saturated rings. The van der Waals surface area contributed by atoms with E-state index in [4.69, 9.17) is 9.15 Å².